The van der Waals surface area contributed by atoms with Crippen LogP contribution in [-0.4, -0.2) is 87.4 Å². The Kier molecular flexibility index (Phi) is 9.50. The van der Waals surface area contributed by atoms with Crippen LogP contribution >= 0.6 is 0 Å². The summed E-state index contributed by atoms with van der Waals surface area (Å²) in [5, 5.41) is 12.1. The van der Waals surface area contributed by atoms with Crippen molar-refractivity contribution in [1.82, 2.24) is 10.2 Å². The number of fused-ring (bicyclic) bond motifs is 1. The molecule has 0 saturated carbocycles. The number of furan rings is 1. The van der Waals surface area contributed by atoms with E-state index in [0.29, 0.717) is 48.4 Å². The Bertz CT molecular complexity index is 1020. The number of hydrogen-bond donors (Lipinski definition) is 2. The number of anilines is 1. The summed E-state index contributed by atoms with van der Waals surface area (Å²) in [6.07, 6.45) is 2.41. The molecule has 0 radical (unpaired) electrons. The van der Waals surface area contributed by atoms with E-state index >= 15 is 0 Å². The lowest BCUT2D eigenvalue weighted by Crippen LogP contribution is -2.45. The van der Waals surface area contributed by atoms with Crippen molar-refractivity contribution in [2.45, 2.75) is 39.2 Å². The fraction of sp³-hybridized carbons (Fsp3) is 0.560. The van der Waals surface area contributed by atoms with Gasteiger partial charge in [-0.1, -0.05) is 6.92 Å². The first kappa shape index (κ1) is 26.5. The number of ether oxygens (including phenoxy) is 2. The molecule has 192 valence electrons. The van der Waals surface area contributed by atoms with Gasteiger partial charge in [0.25, 0.3) is 0 Å². The van der Waals surface area contributed by atoms with Crippen molar-refractivity contribution in [3.8, 4) is 0 Å². The molecule has 35 heavy (non-hydrogen) atoms. The van der Waals surface area contributed by atoms with E-state index in [4.69, 9.17) is 19.0 Å². The molecule has 0 bridgehead atoms. The van der Waals surface area contributed by atoms with Gasteiger partial charge >= 0.3 is 12.1 Å². The number of carbonyl (C=O) groups excluding carboxylic acids is 2. The fourth-order valence-electron chi connectivity index (χ4n) is 4.71. The molecule has 1 aromatic heterocycles. The van der Waals surface area contributed by atoms with Crippen LogP contribution in [0.3, 0.4) is 0 Å². The Morgan fingerprint density at radius 1 is 1.23 bits per heavy atom. The minimum atomic E-state index is -0.809. The lowest BCUT2D eigenvalue weighted by Gasteiger charge is -2.36. The van der Waals surface area contributed by atoms with Crippen LogP contribution in [0.25, 0.3) is 11.0 Å². The third-order valence-electron chi connectivity index (χ3n) is 6.46. The van der Waals surface area contributed by atoms with Gasteiger partial charge in [0.2, 0.25) is 0 Å². The molecule has 1 amide bonds. The fourth-order valence-corrected chi connectivity index (χ4v) is 4.71. The van der Waals surface area contributed by atoms with E-state index in [1.807, 2.05) is 13.0 Å². The van der Waals surface area contributed by atoms with Crippen molar-refractivity contribution in [2.24, 2.45) is 0 Å². The largest absolute Gasteiger partial charge is 0.465 e. The second-order valence-corrected chi connectivity index (χ2v) is 8.42. The zero-order chi connectivity index (χ0) is 25.4. The van der Waals surface area contributed by atoms with E-state index in [1.54, 1.807) is 6.07 Å². The van der Waals surface area contributed by atoms with Crippen LogP contribution in [0.15, 0.2) is 16.5 Å². The highest BCUT2D eigenvalue weighted by Gasteiger charge is 2.28. The smallest absolute Gasteiger partial charge is 0.407 e. The predicted octanol–water partition coefficient (Wildman–Crippen LogP) is 3.17. The van der Waals surface area contributed by atoms with E-state index in [0.717, 1.165) is 56.9 Å². The summed E-state index contributed by atoms with van der Waals surface area (Å²) in [5.41, 5.74) is 2.92. The molecule has 0 unspecified atom stereocenters. The number of benzene rings is 1. The quantitative estimate of drug-likeness (QED) is 0.465. The SMILES string of the molecule is CCc1c(N(CC)C2CCOCC2)cc2oc(C=O)cc2c1C(=O)OC.O=C(O)N1CCNCC1. The highest BCUT2D eigenvalue weighted by atomic mass is 16.5. The Hall–Kier alpha value is -3.11. The topological polar surface area (TPSA) is 122 Å². The van der Waals surface area contributed by atoms with E-state index in [2.05, 4.69) is 17.1 Å². The second-order valence-electron chi connectivity index (χ2n) is 8.42. The molecular formula is C25H35N3O7. The standard InChI is InChI=1S/C20H25NO5.C5H10N2O2/c1-4-15-17(21(5-2)13-6-8-25-9-7-13)11-18-16(10-14(12-22)26-18)19(15)20(23)24-3;8-5(9)7-3-1-6-2-4-7/h10-13H,4-9H2,1-3H3;6H,1-4H2,(H,8,9). The highest BCUT2D eigenvalue weighted by molar-refractivity contribution is 6.07. The zero-order valence-corrected chi connectivity index (χ0v) is 20.7. The number of rotatable bonds is 6. The number of esters is 1. The first-order valence-electron chi connectivity index (χ1n) is 12.1. The minimum Gasteiger partial charge on any atom is -0.465 e. The second kappa shape index (κ2) is 12.6. The average molecular weight is 490 g/mol. The molecule has 0 spiro atoms. The van der Waals surface area contributed by atoms with Gasteiger partial charge in [0.1, 0.15) is 5.58 Å². The molecule has 10 nitrogen and oxygen atoms in total. The summed E-state index contributed by atoms with van der Waals surface area (Å²) in [6, 6.07) is 3.91. The molecule has 4 rings (SSSR count). The van der Waals surface area contributed by atoms with Crippen LogP contribution in [0.1, 0.15) is 53.2 Å². The number of nitrogens with zero attached hydrogens (tertiary/aromatic N) is 2. The van der Waals surface area contributed by atoms with E-state index in [-0.39, 0.29) is 5.76 Å². The average Bonchev–Trinajstić information content (AvgIpc) is 3.32. The van der Waals surface area contributed by atoms with Gasteiger partial charge in [0.15, 0.2) is 12.0 Å². The molecule has 2 aromatic rings. The van der Waals surface area contributed by atoms with Crippen LogP contribution in [0, 0.1) is 0 Å². The molecule has 2 N–H and O–H groups in total. The van der Waals surface area contributed by atoms with Gasteiger partial charge in [-0.3, -0.25) is 4.79 Å². The van der Waals surface area contributed by atoms with Gasteiger partial charge in [0.05, 0.1) is 12.7 Å². The number of aldehydes is 1. The van der Waals surface area contributed by atoms with Crippen molar-refractivity contribution in [3.63, 3.8) is 0 Å². The monoisotopic (exact) mass is 489 g/mol. The first-order chi connectivity index (χ1) is 16.9. The molecule has 2 aliphatic rings. The number of amides is 1. The third-order valence-corrected chi connectivity index (χ3v) is 6.46. The number of carbonyl (C=O) groups is 3. The third kappa shape index (κ3) is 6.12. The summed E-state index contributed by atoms with van der Waals surface area (Å²) in [5.74, 6) is -0.201. The minimum absolute atomic E-state index is 0.207. The van der Waals surface area contributed by atoms with Crippen molar-refractivity contribution in [1.29, 1.82) is 0 Å². The summed E-state index contributed by atoms with van der Waals surface area (Å²) >= 11 is 0. The van der Waals surface area contributed by atoms with Gasteiger partial charge in [-0.25, -0.2) is 9.59 Å². The Morgan fingerprint density at radius 2 is 1.91 bits per heavy atom. The number of methoxy groups -OCH3 is 1. The molecule has 3 heterocycles. The summed E-state index contributed by atoms with van der Waals surface area (Å²) in [7, 11) is 1.37. The zero-order valence-electron chi connectivity index (χ0n) is 20.7. The first-order valence-corrected chi connectivity index (χ1v) is 12.1. The van der Waals surface area contributed by atoms with Crippen molar-refractivity contribution < 1.29 is 33.4 Å². The van der Waals surface area contributed by atoms with Gasteiger partial charge in [-0.15, -0.1) is 0 Å². The van der Waals surface area contributed by atoms with E-state index in [9.17, 15) is 14.4 Å². The summed E-state index contributed by atoms with van der Waals surface area (Å²) in [4.78, 5) is 37.7. The normalized spacial score (nSPS) is 16.4. The number of nitrogens with one attached hydrogen (secondary N) is 1. The molecule has 10 heteroatoms. The number of piperazine rings is 1. The van der Waals surface area contributed by atoms with Gasteiger partial charge in [-0.05, 0) is 37.8 Å². The van der Waals surface area contributed by atoms with Crippen LogP contribution in [-0.2, 0) is 15.9 Å². The highest BCUT2D eigenvalue weighted by Crippen LogP contribution is 2.36. The van der Waals surface area contributed by atoms with Crippen LogP contribution in [0.5, 0.6) is 0 Å². The summed E-state index contributed by atoms with van der Waals surface area (Å²) in [6.45, 7) is 9.23. The summed E-state index contributed by atoms with van der Waals surface area (Å²) < 4.78 is 16.2. The lowest BCUT2D eigenvalue weighted by molar-refractivity contribution is 0.0601. The lowest BCUT2D eigenvalue weighted by atomic mass is 9.96. The molecular weight excluding hydrogens is 454 g/mol. The van der Waals surface area contributed by atoms with Gasteiger partial charge < -0.3 is 34.1 Å². The maximum atomic E-state index is 12.6. The Balaban J connectivity index is 0.000000320. The van der Waals surface area contributed by atoms with Crippen molar-refractivity contribution >= 4 is 35.0 Å². The van der Waals surface area contributed by atoms with Crippen LogP contribution in [0.4, 0.5) is 10.5 Å². The molecule has 1 aromatic carbocycles. The van der Waals surface area contributed by atoms with Gasteiger partial charge in [0, 0.05) is 69.1 Å². The van der Waals surface area contributed by atoms with Crippen LogP contribution in [0.2, 0.25) is 0 Å². The Morgan fingerprint density at radius 3 is 2.43 bits per heavy atom. The van der Waals surface area contributed by atoms with Crippen LogP contribution < -0.4 is 10.2 Å². The predicted molar refractivity (Wildman–Crippen MR) is 132 cm³/mol. The molecule has 2 saturated heterocycles. The molecule has 2 fully saturated rings. The van der Waals surface area contributed by atoms with E-state index < -0.39 is 12.1 Å². The molecule has 2 aliphatic heterocycles. The molecule has 0 aliphatic carbocycles. The van der Waals surface area contributed by atoms with Gasteiger partial charge in [-0.2, -0.15) is 0 Å². The number of carboxylic acid groups (broad SMARTS) is 1. The maximum absolute atomic E-state index is 12.6. The number of hydrogen-bond acceptors (Lipinski definition) is 8. The molecule has 0 atom stereocenters. The van der Waals surface area contributed by atoms with Crippen molar-refractivity contribution in [2.75, 3.05) is 57.9 Å². The maximum Gasteiger partial charge on any atom is 0.407 e. The van der Waals surface area contributed by atoms with E-state index in [1.165, 1.54) is 12.0 Å². The van der Waals surface area contributed by atoms with Crippen molar-refractivity contribution in [3.05, 3.63) is 29.0 Å². The Labute approximate surface area is 205 Å².